The van der Waals surface area contributed by atoms with Crippen molar-refractivity contribution in [3.63, 3.8) is 0 Å². The first-order valence-corrected chi connectivity index (χ1v) is 26.7. The maximum atomic E-state index is 14.7. The number of unbranched alkanes of at least 4 members (excludes halogenated alkanes) is 2. The van der Waals surface area contributed by atoms with Crippen LogP contribution in [0.2, 0.25) is 0 Å². The molecule has 0 aliphatic rings. The number of H-pyrrole nitrogens is 1. The molecule has 4 rings (SSSR count). The number of fused-ring (bicyclic) bond motifs is 1. The van der Waals surface area contributed by atoms with Gasteiger partial charge in [0.2, 0.25) is 41.4 Å². The average Bonchev–Trinajstić information content (AvgIpc) is 3.79. The van der Waals surface area contributed by atoms with Gasteiger partial charge in [-0.15, -0.1) is 0 Å². The van der Waals surface area contributed by atoms with Crippen molar-refractivity contribution in [1.29, 1.82) is 0 Å². The molecule has 0 saturated carbocycles. The summed E-state index contributed by atoms with van der Waals surface area (Å²) in [5.74, 6) is -7.69. The first kappa shape index (κ1) is 62.5. The van der Waals surface area contributed by atoms with Crippen molar-refractivity contribution in [3.8, 4) is 5.75 Å². The second-order valence-electron chi connectivity index (χ2n) is 19.6. The van der Waals surface area contributed by atoms with Gasteiger partial charge in [-0.25, -0.2) is 4.79 Å². The number of rotatable bonds is 30. The highest BCUT2D eigenvalue weighted by Gasteiger charge is 2.36. The fourth-order valence-corrected chi connectivity index (χ4v) is 8.55. The number of aromatic nitrogens is 1. The standard InChI is InChI=1S/C53H71N9O15S/c1-7-9-19-38(58-48(68)40(61-52(72)76-53(3,4)5)27-33-22-24-35(25-23-33)77-78(73,74)75)47(67)56-31-44(63)57-42(28-34-30-55-37-20-15-14-18-36(34)37)51(71)62(6)43(21-10-8-2)50(70)60-41(29-45(64)65)49(69)59-39(46(54)66)26-32-16-12-11-13-17-32/h11-18,20,22-25,30,38-43,55H,7-10,19,21,26-29,31H2,1-6H3,(H2,54,66)(H,56,67)(H,57,63)(H,58,68)(H,59,69)(H,60,70)(H,61,72)(H,64,65)(H,73,74,75)/t38-,39-,40-,41-,42-,43-/m0/s1. The Morgan fingerprint density at radius 1 is 0.679 bits per heavy atom. The Balaban J connectivity index is 1.56. The van der Waals surface area contributed by atoms with Crippen LogP contribution in [0.5, 0.6) is 5.75 Å². The van der Waals surface area contributed by atoms with Crippen molar-refractivity contribution in [2.45, 2.75) is 141 Å². The number of nitrogens with two attached hydrogens (primary N) is 1. The van der Waals surface area contributed by atoms with Crippen molar-refractivity contribution in [2.75, 3.05) is 13.6 Å². The number of alkyl carbamates (subject to hydrolysis) is 1. The van der Waals surface area contributed by atoms with Gasteiger partial charge in [-0.3, -0.25) is 42.9 Å². The second-order valence-corrected chi connectivity index (χ2v) is 20.6. The summed E-state index contributed by atoms with van der Waals surface area (Å²) in [5, 5.41) is 25.8. The van der Waals surface area contributed by atoms with E-state index in [0.717, 1.165) is 15.8 Å². The third-order valence-electron chi connectivity index (χ3n) is 12.1. The summed E-state index contributed by atoms with van der Waals surface area (Å²) in [4.78, 5) is 126. The molecule has 0 fully saturated rings. The number of nitrogens with zero attached hydrogens (tertiary/aromatic N) is 1. The molecule has 24 nitrogen and oxygen atoms in total. The molecule has 424 valence electrons. The largest absolute Gasteiger partial charge is 0.481 e. The lowest BCUT2D eigenvalue weighted by Gasteiger charge is -2.32. The molecule has 3 aromatic carbocycles. The van der Waals surface area contributed by atoms with E-state index >= 15 is 0 Å². The van der Waals surface area contributed by atoms with Crippen molar-refractivity contribution in [1.82, 2.24) is 41.8 Å². The summed E-state index contributed by atoms with van der Waals surface area (Å²) in [6.45, 7) is 7.84. The number of likely N-dealkylation sites (N-methyl/N-ethyl adjacent to an activating group) is 1. The predicted molar refractivity (Wildman–Crippen MR) is 285 cm³/mol. The number of nitrogens with one attached hydrogen (secondary N) is 7. The van der Waals surface area contributed by atoms with Crippen LogP contribution in [0, 0.1) is 0 Å². The van der Waals surface area contributed by atoms with E-state index in [-0.39, 0.29) is 37.9 Å². The Kier molecular flexibility index (Phi) is 23.6. The molecule has 4 aromatic rings. The van der Waals surface area contributed by atoms with Crippen LogP contribution in [-0.2, 0) is 72.8 Å². The van der Waals surface area contributed by atoms with Gasteiger partial charge in [-0.05, 0) is 68.5 Å². The van der Waals surface area contributed by atoms with Gasteiger partial charge in [-0.2, -0.15) is 8.42 Å². The van der Waals surface area contributed by atoms with E-state index in [9.17, 15) is 56.7 Å². The number of hydrogen-bond donors (Lipinski definition) is 10. The topological polar surface area (TPSA) is 364 Å². The number of carbonyl (C=O) groups excluding carboxylic acids is 8. The van der Waals surface area contributed by atoms with Crippen molar-refractivity contribution < 1.29 is 70.1 Å². The summed E-state index contributed by atoms with van der Waals surface area (Å²) in [6, 6.07) is 12.7. The van der Waals surface area contributed by atoms with Crippen LogP contribution in [0.4, 0.5) is 4.79 Å². The van der Waals surface area contributed by atoms with E-state index in [2.05, 4.69) is 41.1 Å². The van der Waals surface area contributed by atoms with Crippen molar-refractivity contribution in [2.24, 2.45) is 5.73 Å². The van der Waals surface area contributed by atoms with Crippen LogP contribution >= 0.6 is 0 Å². The van der Waals surface area contributed by atoms with Gasteiger partial charge in [0.25, 0.3) is 0 Å². The highest BCUT2D eigenvalue weighted by atomic mass is 32.3. The van der Waals surface area contributed by atoms with Gasteiger partial charge in [-0.1, -0.05) is 100 Å². The highest BCUT2D eigenvalue weighted by Crippen LogP contribution is 2.21. The number of aliphatic carboxylic acids is 1. The number of carbonyl (C=O) groups is 9. The van der Waals surface area contributed by atoms with Gasteiger partial charge in [0.15, 0.2) is 0 Å². The summed E-state index contributed by atoms with van der Waals surface area (Å²) < 4.78 is 41.3. The maximum absolute atomic E-state index is 14.7. The lowest BCUT2D eigenvalue weighted by molar-refractivity contribution is -0.144. The molecule has 78 heavy (non-hydrogen) atoms. The molecule has 0 unspecified atom stereocenters. The summed E-state index contributed by atoms with van der Waals surface area (Å²) in [7, 11) is -3.50. The van der Waals surface area contributed by atoms with Gasteiger partial charge in [0.1, 0.15) is 47.6 Å². The molecule has 8 amide bonds. The van der Waals surface area contributed by atoms with E-state index < -0.39 is 119 Å². The highest BCUT2D eigenvalue weighted by molar-refractivity contribution is 7.81. The number of benzene rings is 3. The normalized spacial score (nSPS) is 13.7. The zero-order valence-corrected chi connectivity index (χ0v) is 45.3. The minimum absolute atomic E-state index is 0.0215. The van der Waals surface area contributed by atoms with Crippen molar-refractivity contribution >= 4 is 74.7 Å². The molecule has 0 bridgehead atoms. The lowest BCUT2D eigenvalue weighted by Crippen LogP contribution is -2.59. The Morgan fingerprint density at radius 3 is 1.87 bits per heavy atom. The molecule has 0 aliphatic heterocycles. The van der Waals surface area contributed by atoms with Gasteiger partial charge in [0.05, 0.1) is 13.0 Å². The molecule has 6 atom stereocenters. The fraction of sp³-hybridized carbons (Fsp3) is 0.453. The molecule has 11 N–H and O–H groups in total. The Labute approximate surface area is 452 Å². The first-order chi connectivity index (χ1) is 36.8. The Bertz CT molecular complexity index is 2840. The SMILES string of the molecule is CCCC[C@H](NC(=O)[C@H](Cc1ccc(OS(=O)(=O)O)cc1)NC(=O)OC(C)(C)C)C(=O)NCC(=O)N[C@@H](Cc1c[nH]c2ccccc12)C(=O)N(C)[C@@H](CCCC)C(=O)N[C@@H](CC(=O)O)C(=O)N[C@@H](Cc1ccccc1)C(N)=O. The summed E-state index contributed by atoms with van der Waals surface area (Å²) in [5.41, 5.74) is 7.03. The van der Waals surface area contributed by atoms with Crippen LogP contribution in [0.25, 0.3) is 10.9 Å². The average molecular weight is 1110 g/mol. The number of amides is 8. The van der Waals surface area contributed by atoms with E-state index in [0.29, 0.717) is 42.4 Å². The molecule has 0 radical (unpaired) electrons. The second kappa shape index (κ2) is 29.5. The molecule has 0 spiro atoms. The zero-order chi connectivity index (χ0) is 57.7. The van der Waals surface area contributed by atoms with Crippen LogP contribution in [0.3, 0.4) is 0 Å². The minimum Gasteiger partial charge on any atom is -0.481 e. The molecule has 1 aromatic heterocycles. The third-order valence-corrected chi connectivity index (χ3v) is 12.5. The van der Waals surface area contributed by atoms with Crippen molar-refractivity contribution in [3.05, 3.63) is 102 Å². The van der Waals surface area contributed by atoms with Gasteiger partial charge in [0, 0.05) is 43.4 Å². The Hall–Kier alpha value is -8.06. The third kappa shape index (κ3) is 20.8. The number of primary amides is 1. The molecular weight excluding hydrogens is 1030 g/mol. The van der Waals surface area contributed by atoms with E-state index in [1.54, 1.807) is 75.5 Å². The predicted octanol–water partition coefficient (Wildman–Crippen LogP) is 2.49. The van der Waals surface area contributed by atoms with E-state index in [1.807, 2.05) is 19.9 Å². The van der Waals surface area contributed by atoms with Crippen LogP contribution < -0.4 is 41.8 Å². The number of carboxylic acids is 1. The minimum atomic E-state index is -4.83. The van der Waals surface area contributed by atoms with E-state index in [4.69, 9.17) is 15.0 Å². The quantitative estimate of drug-likeness (QED) is 0.0336. The zero-order valence-electron chi connectivity index (χ0n) is 44.5. The molecule has 0 aliphatic carbocycles. The lowest BCUT2D eigenvalue weighted by atomic mass is 10.0. The smallest absolute Gasteiger partial charge is 0.446 e. The number of carboxylic acid groups (broad SMARTS) is 1. The number of para-hydroxylation sites is 1. The van der Waals surface area contributed by atoms with Gasteiger partial charge < -0.3 is 61.5 Å². The number of aromatic amines is 1. The van der Waals surface area contributed by atoms with Crippen LogP contribution in [-0.4, -0.2) is 137 Å². The first-order valence-electron chi connectivity index (χ1n) is 25.4. The molecule has 0 saturated heterocycles. The maximum Gasteiger partial charge on any atom is 0.446 e. The number of hydrogen-bond acceptors (Lipinski definition) is 13. The molecular formula is C53H71N9O15S. The summed E-state index contributed by atoms with van der Waals surface area (Å²) >= 11 is 0. The van der Waals surface area contributed by atoms with Crippen LogP contribution in [0.15, 0.2) is 85.1 Å². The Morgan fingerprint density at radius 2 is 1.26 bits per heavy atom. The monoisotopic (exact) mass is 1110 g/mol. The van der Waals surface area contributed by atoms with Crippen LogP contribution in [0.1, 0.15) is 96.3 Å². The van der Waals surface area contributed by atoms with E-state index in [1.165, 1.54) is 31.3 Å². The summed E-state index contributed by atoms with van der Waals surface area (Å²) in [6.07, 6.45) is 1.62. The molecule has 25 heteroatoms. The molecule has 1 heterocycles. The number of ether oxygens (including phenoxy) is 1. The van der Waals surface area contributed by atoms with Gasteiger partial charge >= 0.3 is 22.5 Å². The fourth-order valence-electron chi connectivity index (χ4n) is 8.20.